The third-order valence-corrected chi connectivity index (χ3v) is 3.30. The Balaban J connectivity index is 3.04. The molecule has 0 aliphatic carbocycles. The van der Waals surface area contributed by atoms with Crippen molar-refractivity contribution in [1.82, 2.24) is 4.90 Å². The molecule has 0 fully saturated rings. The Morgan fingerprint density at radius 2 is 1.71 bits per heavy atom. The molecule has 0 spiro atoms. The van der Waals surface area contributed by atoms with Gasteiger partial charge in [0.25, 0.3) is 5.91 Å². The van der Waals surface area contributed by atoms with Gasteiger partial charge in [0.05, 0.1) is 0 Å². The van der Waals surface area contributed by atoms with Crippen LogP contribution < -0.4 is 11.5 Å². The molecular weight excluding hydrogens is 214 g/mol. The van der Waals surface area contributed by atoms with Crippen LogP contribution in [-0.4, -0.2) is 23.4 Å². The van der Waals surface area contributed by atoms with Crippen molar-refractivity contribution in [2.24, 2.45) is 0 Å². The lowest BCUT2D eigenvalue weighted by Gasteiger charge is -2.35. The zero-order chi connectivity index (χ0) is 13.2. The van der Waals surface area contributed by atoms with Gasteiger partial charge in [-0.2, -0.15) is 0 Å². The van der Waals surface area contributed by atoms with Crippen molar-refractivity contribution >= 4 is 17.3 Å². The molecule has 17 heavy (non-hydrogen) atoms. The predicted molar refractivity (Wildman–Crippen MR) is 71.7 cm³/mol. The summed E-state index contributed by atoms with van der Waals surface area (Å²) in [5.74, 6) is -0.0594. The minimum absolute atomic E-state index is 0.0594. The molecule has 4 N–H and O–H groups in total. The van der Waals surface area contributed by atoms with Gasteiger partial charge in [0.2, 0.25) is 0 Å². The molecule has 0 saturated heterocycles. The normalized spacial score (nSPS) is 11.3. The van der Waals surface area contributed by atoms with Crippen molar-refractivity contribution in [1.29, 1.82) is 0 Å². The van der Waals surface area contributed by atoms with E-state index < -0.39 is 0 Å². The molecule has 0 saturated carbocycles. The molecule has 0 bridgehead atoms. The average Bonchev–Trinajstić information content (AvgIpc) is 2.25. The van der Waals surface area contributed by atoms with E-state index in [1.165, 1.54) is 0 Å². The number of anilines is 2. The average molecular weight is 235 g/mol. The zero-order valence-corrected chi connectivity index (χ0v) is 10.9. The first-order chi connectivity index (χ1) is 7.77. The molecule has 0 heterocycles. The van der Waals surface area contributed by atoms with Crippen LogP contribution in [0.25, 0.3) is 0 Å². The number of rotatable bonds is 3. The molecule has 0 aliphatic rings. The fourth-order valence-electron chi connectivity index (χ4n) is 1.51. The number of benzene rings is 1. The SMILES string of the molecule is CCC(C)(C)N(C)C(=O)c1cc(N)cc(N)c1. The Labute approximate surface area is 103 Å². The predicted octanol–water partition coefficient (Wildman–Crippen LogP) is 2.11. The van der Waals surface area contributed by atoms with Crippen LogP contribution in [0.15, 0.2) is 18.2 Å². The summed E-state index contributed by atoms with van der Waals surface area (Å²) in [6.45, 7) is 6.11. The third kappa shape index (κ3) is 2.90. The van der Waals surface area contributed by atoms with Gasteiger partial charge in [0.1, 0.15) is 0 Å². The Kier molecular flexibility index (Phi) is 3.66. The van der Waals surface area contributed by atoms with E-state index >= 15 is 0 Å². The lowest BCUT2D eigenvalue weighted by atomic mass is 9.98. The van der Waals surface area contributed by atoms with Crippen LogP contribution in [0, 0.1) is 0 Å². The van der Waals surface area contributed by atoms with Gasteiger partial charge in [-0.1, -0.05) is 6.92 Å². The van der Waals surface area contributed by atoms with E-state index in [9.17, 15) is 4.79 Å². The molecule has 1 rings (SSSR count). The molecule has 0 radical (unpaired) electrons. The molecule has 4 nitrogen and oxygen atoms in total. The van der Waals surface area contributed by atoms with Crippen molar-refractivity contribution in [3.05, 3.63) is 23.8 Å². The van der Waals surface area contributed by atoms with Crippen LogP contribution in [0.1, 0.15) is 37.6 Å². The molecule has 1 aromatic rings. The minimum Gasteiger partial charge on any atom is -0.399 e. The third-order valence-electron chi connectivity index (χ3n) is 3.30. The number of hydrogen-bond donors (Lipinski definition) is 2. The van der Waals surface area contributed by atoms with Crippen LogP contribution in [-0.2, 0) is 0 Å². The number of nitrogens with zero attached hydrogens (tertiary/aromatic N) is 1. The fraction of sp³-hybridized carbons (Fsp3) is 0.462. The van der Waals surface area contributed by atoms with Gasteiger partial charge in [-0.05, 0) is 38.5 Å². The van der Waals surface area contributed by atoms with Gasteiger partial charge in [-0.25, -0.2) is 0 Å². The second-order valence-electron chi connectivity index (χ2n) is 4.92. The van der Waals surface area contributed by atoms with Crippen molar-refractivity contribution in [2.45, 2.75) is 32.7 Å². The lowest BCUT2D eigenvalue weighted by Crippen LogP contribution is -2.44. The van der Waals surface area contributed by atoms with E-state index in [1.807, 2.05) is 13.8 Å². The highest BCUT2D eigenvalue weighted by Gasteiger charge is 2.26. The standard InChI is InChI=1S/C13H21N3O/c1-5-13(2,3)16(4)12(17)9-6-10(14)8-11(15)7-9/h6-8H,5,14-15H2,1-4H3. The first kappa shape index (κ1) is 13.4. The quantitative estimate of drug-likeness (QED) is 0.788. The summed E-state index contributed by atoms with van der Waals surface area (Å²) >= 11 is 0. The van der Waals surface area contributed by atoms with E-state index in [0.717, 1.165) is 6.42 Å². The van der Waals surface area contributed by atoms with E-state index in [-0.39, 0.29) is 11.4 Å². The smallest absolute Gasteiger partial charge is 0.254 e. The topological polar surface area (TPSA) is 72.3 Å². The number of nitrogen functional groups attached to an aromatic ring is 2. The summed E-state index contributed by atoms with van der Waals surface area (Å²) < 4.78 is 0. The molecule has 0 unspecified atom stereocenters. The van der Waals surface area contributed by atoms with E-state index in [0.29, 0.717) is 16.9 Å². The second-order valence-corrected chi connectivity index (χ2v) is 4.92. The summed E-state index contributed by atoms with van der Waals surface area (Å²) in [5.41, 5.74) is 12.7. The molecule has 0 aromatic heterocycles. The Morgan fingerprint density at radius 1 is 1.24 bits per heavy atom. The first-order valence-electron chi connectivity index (χ1n) is 5.72. The highest BCUT2D eigenvalue weighted by molar-refractivity contribution is 5.96. The summed E-state index contributed by atoms with van der Waals surface area (Å²) in [4.78, 5) is 14.0. The highest BCUT2D eigenvalue weighted by Crippen LogP contribution is 2.21. The largest absolute Gasteiger partial charge is 0.399 e. The second kappa shape index (κ2) is 4.65. The monoisotopic (exact) mass is 235 g/mol. The summed E-state index contributed by atoms with van der Waals surface area (Å²) in [6.07, 6.45) is 0.882. The van der Waals surface area contributed by atoms with E-state index in [4.69, 9.17) is 11.5 Å². The van der Waals surface area contributed by atoms with E-state index in [2.05, 4.69) is 6.92 Å². The minimum atomic E-state index is -0.184. The van der Waals surface area contributed by atoms with Gasteiger partial charge < -0.3 is 16.4 Å². The molecule has 1 aromatic carbocycles. The van der Waals surface area contributed by atoms with Gasteiger partial charge in [-0.15, -0.1) is 0 Å². The van der Waals surface area contributed by atoms with Crippen LogP contribution in [0.4, 0.5) is 11.4 Å². The summed E-state index contributed by atoms with van der Waals surface area (Å²) in [5, 5.41) is 0. The van der Waals surface area contributed by atoms with Gasteiger partial charge in [-0.3, -0.25) is 4.79 Å². The molecule has 0 aliphatic heterocycles. The first-order valence-corrected chi connectivity index (χ1v) is 5.72. The van der Waals surface area contributed by atoms with Gasteiger partial charge in [0, 0.05) is 29.5 Å². The maximum atomic E-state index is 12.3. The summed E-state index contributed by atoms with van der Waals surface area (Å²) in [6, 6.07) is 4.95. The van der Waals surface area contributed by atoms with Gasteiger partial charge >= 0.3 is 0 Å². The highest BCUT2D eigenvalue weighted by atomic mass is 16.2. The Morgan fingerprint density at radius 3 is 2.12 bits per heavy atom. The fourth-order valence-corrected chi connectivity index (χ4v) is 1.51. The number of amides is 1. The maximum Gasteiger partial charge on any atom is 0.254 e. The zero-order valence-electron chi connectivity index (χ0n) is 10.9. The molecule has 0 atom stereocenters. The van der Waals surface area contributed by atoms with Crippen molar-refractivity contribution in [3.8, 4) is 0 Å². The Hall–Kier alpha value is -1.71. The maximum absolute atomic E-state index is 12.3. The number of hydrogen-bond acceptors (Lipinski definition) is 3. The van der Waals surface area contributed by atoms with Crippen LogP contribution in [0.2, 0.25) is 0 Å². The van der Waals surface area contributed by atoms with Crippen molar-refractivity contribution in [3.63, 3.8) is 0 Å². The lowest BCUT2D eigenvalue weighted by molar-refractivity contribution is 0.0620. The van der Waals surface area contributed by atoms with Crippen molar-refractivity contribution < 1.29 is 4.79 Å². The molecule has 4 heteroatoms. The Bertz CT molecular complexity index is 406. The van der Waals surface area contributed by atoms with Gasteiger partial charge in [0.15, 0.2) is 0 Å². The molecule has 94 valence electrons. The van der Waals surface area contributed by atoms with Crippen LogP contribution in [0.3, 0.4) is 0 Å². The summed E-state index contributed by atoms with van der Waals surface area (Å²) in [7, 11) is 1.80. The number of carbonyl (C=O) groups excluding carboxylic acids is 1. The number of carbonyl (C=O) groups is 1. The molecular formula is C13H21N3O. The molecule has 1 amide bonds. The van der Waals surface area contributed by atoms with E-state index in [1.54, 1.807) is 30.1 Å². The van der Waals surface area contributed by atoms with Crippen LogP contribution >= 0.6 is 0 Å². The number of nitrogens with two attached hydrogens (primary N) is 2. The van der Waals surface area contributed by atoms with Crippen molar-refractivity contribution in [2.75, 3.05) is 18.5 Å². The van der Waals surface area contributed by atoms with Crippen LogP contribution in [0.5, 0.6) is 0 Å².